The summed E-state index contributed by atoms with van der Waals surface area (Å²) in [6.07, 6.45) is 1.16. The molecule has 122 valence electrons. The number of benzene rings is 2. The molecule has 24 heavy (non-hydrogen) atoms. The minimum atomic E-state index is -0.901. The first-order chi connectivity index (χ1) is 11.5. The molecule has 0 amide bonds. The SMILES string of the molecule is Cc1c(Cl)cccc1Nc1nc(=O)c(F)cn1Cc1ccccc1. The third kappa shape index (κ3) is 3.46. The molecule has 4 nitrogen and oxygen atoms in total. The van der Waals surface area contributed by atoms with Crippen molar-refractivity contribution in [2.45, 2.75) is 13.5 Å². The largest absolute Gasteiger partial charge is 0.325 e. The van der Waals surface area contributed by atoms with Crippen LogP contribution in [0.5, 0.6) is 0 Å². The molecule has 3 rings (SSSR count). The number of anilines is 2. The molecule has 1 aromatic heterocycles. The van der Waals surface area contributed by atoms with Crippen molar-refractivity contribution in [1.29, 1.82) is 0 Å². The Kier molecular flexibility index (Phi) is 4.62. The molecule has 6 heteroatoms. The minimum absolute atomic E-state index is 0.260. The van der Waals surface area contributed by atoms with E-state index in [0.717, 1.165) is 17.3 Å². The van der Waals surface area contributed by atoms with Crippen molar-refractivity contribution in [1.82, 2.24) is 9.55 Å². The van der Waals surface area contributed by atoms with E-state index in [1.54, 1.807) is 16.7 Å². The van der Waals surface area contributed by atoms with Crippen LogP contribution in [-0.4, -0.2) is 9.55 Å². The third-order valence-electron chi connectivity index (χ3n) is 3.66. The highest BCUT2D eigenvalue weighted by atomic mass is 35.5. The maximum absolute atomic E-state index is 13.7. The van der Waals surface area contributed by atoms with Crippen molar-refractivity contribution < 1.29 is 4.39 Å². The second-order valence-corrected chi connectivity index (χ2v) is 5.78. The first kappa shape index (κ1) is 16.2. The van der Waals surface area contributed by atoms with Crippen LogP contribution in [0.25, 0.3) is 0 Å². The van der Waals surface area contributed by atoms with E-state index < -0.39 is 11.4 Å². The van der Waals surface area contributed by atoms with E-state index in [1.165, 1.54) is 0 Å². The maximum atomic E-state index is 13.7. The molecule has 0 atom stereocenters. The van der Waals surface area contributed by atoms with E-state index in [9.17, 15) is 9.18 Å². The van der Waals surface area contributed by atoms with Crippen LogP contribution in [0, 0.1) is 12.7 Å². The van der Waals surface area contributed by atoms with Crippen molar-refractivity contribution in [3.05, 3.63) is 87.0 Å². The normalized spacial score (nSPS) is 10.6. The summed E-state index contributed by atoms with van der Waals surface area (Å²) in [7, 11) is 0. The summed E-state index contributed by atoms with van der Waals surface area (Å²) in [5.41, 5.74) is 1.60. The number of rotatable bonds is 4. The summed E-state index contributed by atoms with van der Waals surface area (Å²) in [6, 6.07) is 14.9. The molecule has 3 aromatic rings. The van der Waals surface area contributed by atoms with E-state index in [0.29, 0.717) is 17.3 Å². The van der Waals surface area contributed by atoms with Gasteiger partial charge < -0.3 is 9.88 Å². The summed E-state index contributed by atoms with van der Waals surface area (Å²) in [6.45, 7) is 2.24. The molecule has 0 fully saturated rings. The summed E-state index contributed by atoms with van der Waals surface area (Å²) in [5.74, 6) is -0.630. The van der Waals surface area contributed by atoms with Gasteiger partial charge in [0.2, 0.25) is 11.8 Å². The number of nitrogens with one attached hydrogen (secondary N) is 1. The molecule has 0 saturated carbocycles. The highest BCUT2D eigenvalue weighted by molar-refractivity contribution is 6.31. The van der Waals surface area contributed by atoms with Crippen LogP contribution in [0.4, 0.5) is 16.0 Å². The van der Waals surface area contributed by atoms with Gasteiger partial charge in [-0.25, -0.2) is 0 Å². The summed E-state index contributed by atoms with van der Waals surface area (Å²) >= 11 is 6.12. The van der Waals surface area contributed by atoms with Crippen LogP contribution in [-0.2, 0) is 6.54 Å². The van der Waals surface area contributed by atoms with E-state index in [4.69, 9.17) is 11.6 Å². The predicted molar refractivity (Wildman–Crippen MR) is 93.5 cm³/mol. The topological polar surface area (TPSA) is 46.9 Å². The summed E-state index contributed by atoms with van der Waals surface area (Å²) < 4.78 is 15.3. The molecule has 0 aliphatic rings. The van der Waals surface area contributed by atoms with Gasteiger partial charge in [0.05, 0.1) is 6.54 Å². The van der Waals surface area contributed by atoms with Crippen molar-refractivity contribution >= 4 is 23.2 Å². The molecule has 2 aromatic carbocycles. The average molecular weight is 344 g/mol. The van der Waals surface area contributed by atoms with Crippen LogP contribution in [0.15, 0.2) is 59.5 Å². The molecule has 0 unspecified atom stereocenters. The molecular formula is C18H15ClFN3O. The summed E-state index contributed by atoms with van der Waals surface area (Å²) in [4.78, 5) is 15.4. The van der Waals surface area contributed by atoms with Gasteiger partial charge in [0.25, 0.3) is 0 Å². The fourth-order valence-corrected chi connectivity index (χ4v) is 2.51. The fourth-order valence-electron chi connectivity index (χ4n) is 2.33. The Hall–Kier alpha value is -2.66. The first-order valence-corrected chi connectivity index (χ1v) is 7.75. The van der Waals surface area contributed by atoms with Gasteiger partial charge in [-0.1, -0.05) is 48.0 Å². The van der Waals surface area contributed by atoms with Crippen molar-refractivity contribution in [3.8, 4) is 0 Å². The Labute approximate surface area is 143 Å². The Morgan fingerprint density at radius 2 is 1.92 bits per heavy atom. The van der Waals surface area contributed by atoms with Crippen LogP contribution in [0.1, 0.15) is 11.1 Å². The number of hydrogen-bond acceptors (Lipinski definition) is 3. The van der Waals surface area contributed by atoms with Crippen LogP contribution < -0.4 is 10.9 Å². The zero-order valence-electron chi connectivity index (χ0n) is 13.0. The molecule has 0 saturated heterocycles. The van der Waals surface area contributed by atoms with E-state index in [1.807, 2.05) is 43.3 Å². The van der Waals surface area contributed by atoms with Gasteiger partial charge in [-0.3, -0.25) is 4.79 Å². The highest BCUT2D eigenvalue weighted by Gasteiger charge is 2.11. The van der Waals surface area contributed by atoms with Crippen LogP contribution in [0.3, 0.4) is 0 Å². The average Bonchev–Trinajstić information content (AvgIpc) is 2.57. The Balaban J connectivity index is 2.01. The Bertz CT molecular complexity index is 925. The van der Waals surface area contributed by atoms with Crippen molar-refractivity contribution in [2.75, 3.05) is 5.32 Å². The molecule has 1 heterocycles. The second kappa shape index (κ2) is 6.84. The van der Waals surface area contributed by atoms with E-state index in [2.05, 4.69) is 10.3 Å². The van der Waals surface area contributed by atoms with Gasteiger partial charge in [0.15, 0.2) is 0 Å². The highest BCUT2D eigenvalue weighted by Crippen LogP contribution is 2.25. The van der Waals surface area contributed by atoms with Gasteiger partial charge in [-0.2, -0.15) is 9.37 Å². The fraction of sp³-hybridized carbons (Fsp3) is 0.111. The third-order valence-corrected chi connectivity index (χ3v) is 4.07. The van der Waals surface area contributed by atoms with E-state index in [-0.39, 0.29) is 5.95 Å². The van der Waals surface area contributed by atoms with Gasteiger partial charge in [0, 0.05) is 16.9 Å². The molecule has 0 spiro atoms. The van der Waals surface area contributed by atoms with Crippen molar-refractivity contribution in [2.24, 2.45) is 0 Å². The predicted octanol–water partition coefficient (Wildman–Crippen LogP) is 4.14. The Morgan fingerprint density at radius 3 is 2.67 bits per heavy atom. The smallest absolute Gasteiger partial charge is 0.310 e. The summed E-state index contributed by atoms with van der Waals surface area (Å²) in [5, 5.41) is 3.67. The minimum Gasteiger partial charge on any atom is -0.325 e. The monoisotopic (exact) mass is 343 g/mol. The van der Waals surface area contributed by atoms with Gasteiger partial charge in [-0.05, 0) is 30.2 Å². The lowest BCUT2D eigenvalue weighted by atomic mass is 10.2. The molecule has 0 aliphatic carbocycles. The zero-order valence-corrected chi connectivity index (χ0v) is 13.7. The molecular weight excluding hydrogens is 329 g/mol. The lowest BCUT2D eigenvalue weighted by molar-refractivity contribution is 0.579. The van der Waals surface area contributed by atoms with Gasteiger partial charge in [-0.15, -0.1) is 0 Å². The molecule has 1 N–H and O–H groups in total. The number of aromatic nitrogens is 2. The van der Waals surface area contributed by atoms with Crippen LogP contribution in [0.2, 0.25) is 5.02 Å². The standard InChI is InChI=1S/C18H15ClFN3O/c1-12-14(19)8-5-9-16(12)21-18-22-17(24)15(20)11-23(18)10-13-6-3-2-4-7-13/h2-9,11H,10H2,1H3,(H,21,22,24). The quantitative estimate of drug-likeness (QED) is 0.774. The zero-order chi connectivity index (χ0) is 17.1. The number of halogens is 2. The molecule has 0 bridgehead atoms. The lowest BCUT2D eigenvalue weighted by Crippen LogP contribution is -2.20. The van der Waals surface area contributed by atoms with E-state index >= 15 is 0 Å². The van der Waals surface area contributed by atoms with Gasteiger partial charge >= 0.3 is 5.56 Å². The second-order valence-electron chi connectivity index (χ2n) is 5.37. The first-order valence-electron chi connectivity index (χ1n) is 7.37. The number of hydrogen-bond donors (Lipinski definition) is 1. The lowest BCUT2D eigenvalue weighted by Gasteiger charge is -2.15. The Morgan fingerprint density at radius 1 is 1.17 bits per heavy atom. The maximum Gasteiger partial charge on any atom is 0.310 e. The van der Waals surface area contributed by atoms with Gasteiger partial charge in [0.1, 0.15) is 0 Å². The molecule has 0 radical (unpaired) electrons. The van der Waals surface area contributed by atoms with Crippen LogP contribution >= 0.6 is 11.6 Å². The molecule has 0 aliphatic heterocycles. The van der Waals surface area contributed by atoms with Crippen molar-refractivity contribution in [3.63, 3.8) is 0 Å². The number of nitrogens with zero attached hydrogens (tertiary/aromatic N) is 2.